The molecule has 0 unspecified atom stereocenters. The fourth-order valence-electron chi connectivity index (χ4n) is 3.38. The first-order valence-electron chi connectivity index (χ1n) is 9.70. The highest BCUT2D eigenvalue weighted by Gasteiger charge is 2.18. The van der Waals surface area contributed by atoms with E-state index in [9.17, 15) is 5.11 Å². The van der Waals surface area contributed by atoms with Crippen molar-refractivity contribution in [1.29, 1.82) is 0 Å². The Balaban J connectivity index is 0.00000272. The number of aliphatic imine (C=N–C) groups is 1. The summed E-state index contributed by atoms with van der Waals surface area (Å²) in [6, 6.07) is 19.9. The number of nitrogens with zero attached hydrogens (tertiary/aromatic N) is 4. The molecule has 0 spiro atoms. The second-order valence-corrected chi connectivity index (χ2v) is 6.82. The third-order valence-electron chi connectivity index (χ3n) is 4.88. The van der Waals surface area contributed by atoms with Crippen LogP contribution in [0.25, 0.3) is 22.5 Å². The van der Waals surface area contributed by atoms with E-state index in [0.29, 0.717) is 23.5 Å². The van der Waals surface area contributed by atoms with Gasteiger partial charge in [-0.25, -0.2) is 9.97 Å². The zero-order valence-corrected chi connectivity index (χ0v) is 16.7. The fourth-order valence-corrected chi connectivity index (χ4v) is 3.38. The van der Waals surface area contributed by atoms with Crippen molar-refractivity contribution < 1.29 is 6.53 Å². The Morgan fingerprint density at radius 1 is 1.10 bits per heavy atom. The van der Waals surface area contributed by atoms with Crippen LogP contribution in [0.4, 0.5) is 0 Å². The molecule has 0 atom stereocenters. The van der Waals surface area contributed by atoms with Crippen molar-refractivity contribution in [3.05, 3.63) is 102 Å². The molecule has 0 radical (unpaired) electrons. The molecule has 4 aromatic rings. The van der Waals surface area contributed by atoms with Crippen molar-refractivity contribution in [2.24, 2.45) is 4.99 Å². The van der Waals surface area contributed by atoms with Crippen molar-refractivity contribution in [2.45, 2.75) is 13.3 Å². The Labute approximate surface area is 176 Å². The average Bonchev–Trinajstić information content (AvgIpc) is 3.11. The second kappa shape index (κ2) is 8.57. The van der Waals surface area contributed by atoms with Crippen LogP contribution in [0.3, 0.4) is 0 Å². The minimum Gasteiger partial charge on any atom is -0.493 e. The summed E-state index contributed by atoms with van der Waals surface area (Å²) in [6.45, 7) is 5.44. The van der Waals surface area contributed by atoms with Gasteiger partial charge in [-0.3, -0.25) is 9.39 Å². The molecule has 2 aromatic heterocycles. The summed E-state index contributed by atoms with van der Waals surface area (Å²) in [7, 11) is 0. The van der Waals surface area contributed by atoms with Gasteiger partial charge in [0.05, 0.1) is 5.69 Å². The number of rotatable bonds is 6. The molecule has 30 heavy (non-hydrogen) atoms. The Morgan fingerprint density at radius 3 is 2.47 bits per heavy atom. The van der Waals surface area contributed by atoms with Gasteiger partial charge in [0.15, 0.2) is 5.65 Å². The monoisotopic (exact) mass is 396 g/mol. The van der Waals surface area contributed by atoms with Gasteiger partial charge in [-0.15, -0.1) is 0 Å². The summed E-state index contributed by atoms with van der Waals surface area (Å²) < 4.78 is 1.71. The number of aromatic hydroxyl groups is 1. The number of hydrogen-bond donors (Lipinski definition) is 1. The maximum atomic E-state index is 11.0. The van der Waals surface area contributed by atoms with Gasteiger partial charge in [0.1, 0.15) is 11.4 Å². The Bertz CT molecular complexity index is 1250. The molecule has 0 saturated carbocycles. The fraction of sp³-hybridized carbons (Fsp3) is 0.0800. The molecule has 1 N–H and O–H groups in total. The van der Waals surface area contributed by atoms with Crippen LogP contribution in [0.2, 0.25) is 0 Å². The van der Waals surface area contributed by atoms with E-state index in [1.807, 2.05) is 85.9 Å². The first kappa shape index (κ1) is 19.3. The normalized spacial score (nSPS) is 12.0. The topological polar surface area (TPSA) is 62.8 Å². The molecule has 2 heterocycles. The van der Waals surface area contributed by atoms with Crippen LogP contribution in [0, 0.1) is 0 Å². The highest BCUT2D eigenvalue weighted by molar-refractivity contribution is 5.81. The van der Waals surface area contributed by atoms with E-state index in [1.54, 1.807) is 10.6 Å². The zero-order chi connectivity index (χ0) is 20.9. The molecule has 0 amide bonds. The molecule has 5 nitrogen and oxygen atoms in total. The van der Waals surface area contributed by atoms with E-state index >= 15 is 0 Å². The highest BCUT2D eigenvalue weighted by atomic mass is 16.3. The predicted octanol–water partition coefficient (Wildman–Crippen LogP) is 5.56. The standard InChI is InChI=1S/C25H22N4O.H2/c1-3-19(14-15-26-2)23-24-28-21(16-18-10-6-4-7-11-18)25(30)29(24)17-22(27-23)20-12-8-5-9-13-20;/h3-15,17,30H,2,16H2,1H3;1H/b15-14-,19-3+;. The number of benzene rings is 2. The van der Waals surface area contributed by atoms with E-state index < -0.39 is 0 Å². The zero-order valence-electron chi connectivity index (χ0n) is 16.7. The van der Waals surface area contributed by atoms with Crippen molar-refractivity contribution in [2.75, 3.05) is 0 Å². The number of hydrogen-bond acceptors (Lipinski definition) is 4. The molecule has 0 aliphatic heterocycles. The van der Waals surface area contributed by atoms with Crippen LogP contribution in [0.15, 0.2) is 90.2 Å². The summed E-state index contributed by atoms with van der Waals surface area (Å²) in [5.74, 6) is 0.121. The summed E-state index contributed by atoms with van der Waals surface area (Å²) in [5, 5.41) is 11.0. The van der Waals surface area contributed by atoms with E-state index in [4.69, 9.17) is 9.97 Å². The summed E-state index contributed by atoms with van der Waals surface area (Å²) in [5.41, 5.74) is 5.51. The molecular weight excluding hydrogens is 372 g/mol. The van der Waals surface area contributed by atoms with E-state index in [-0.39, 0.29) is 7.31 Å². The van der Waals surface area contributed by atoms with Crippen LogP contribution in [0.1, 0.15) is 25.3 Å². The number of imidazole rings is 1. The maximum absolute atomic E-state index is 11.0. The molecule has 0 aliphatic carbocycles. The third-order valence-corrected chi connectivity index (χ3v) is 4.88. The summed E-state index contributed by atoms with van der Waals surface area (Å²) in [4.78, 5) is 13.4. The minimum absolute atomic E-state index is 0. The van der Waals surface area contributed by atoms with E-state index in [1.165, 1.54) is 0 Å². The van der Waals surface area contributed by atoms with Gasteiger partial charge in [0.2, 0.25) is 5.88 Å². The summed E-state index contributed by atoms with van der Waals surface area (Å²) in [6.07, 6.45) is 7.77. The lowest BCUT2D eigenvalue weighted by Crippen LogP contribution is -1.98. The molecule has 0 aliphatic rings. The predicted molar refractivity (Wildman–Crippen MR) is 124 cm³/mol. The van der Waals surface area contributed by atoms with Crippen LogP contribution < -0.4 is 0 Å². The first-order chi connectivity index (χ1) is 14.7. The van der Waals surface area contributed by atoms with Gasteiger partial charge in [-0.05, 0) is 25.3 Å². The van der Waals surface area contributed by atoms with Crippen LogP contribution in [-0.2, 0) is 6.42 Å². The number of allylic oxidation sites excluding steroid dienone is 3. The van der Waals surface area contributed by atoms with E-state index in [0.717, 1.165) is 22.4 Å². The third kappa shape index (κ3) is 3.78. The second-order valence-electron chi connectivity index (χ2n) is 6.82. The molecule has 150 valence electrons. The van der Waals surface area contributed by atoms with Gasteiger partial charge in [0.25, 0.3) is 0 Å². The van der Waals surface area contributed by atoms with Crippen molar-refractivity contribution in [1.82, 2.24) is 14.4 Å². The van der Waals surface area contributed by atoms with Crippen LogP contribution in [-0.4, -0.2) is 26.2 Å². The number of aromatic nitrogens is 3. The lowest BCUT2D eigenvalue weighted by atomic mass is 10.1. The molecule has 0 bridgehead atoms. The molecule has 2 aromatic carbocycles. The maximum Gasteiger partial charge on any atom is 0.219 e. The van der Waals surface area contributed by atoms with Crippen LogP contribution >= 0.6 is 0 Å². The number of fused-ring (bicyclic) bond motifs is 1. The van der Waals surface area contributed by atoms with Gasteiger partial charge >= 0.3 is 0 Å². The molecule has 4 rings (SSSR count). The smallest absolute Gasteiger partial charge is 0.219 e. The van der Waals surface area contributed by atoms with Gasteiger partial charge in [-0.1, -0.05) is 66.7 Å². The highest BCUT2D eigenvalue weighted by Crippen LogP contribution is 2.30. The minimum atomic E-state index is 0. The molecule has 5 heteroatoms. The SMILES string of the molecule is C=N/C=C\C(=C/C)c1nc(-c2ccccc2)cn2c(O)c(Cc3ccccc3)nc12.[HH]. The van der Waals surface area contributed by atoms with Crippen LogP contribution in [0.5, 0.6) is 5.88 Å². The van der Waals surface area contributed by atoms with Crippen molar-refractivity contribution in [3.8, 4) is 17.1 Å². The molecule has 0 fully saturated rings. The lowest BCUT2D eigenvalue weighted by Gasteiger charge is -2.08. The van der Waals surface area contributed by atoms with Gasteiger partial charge in [0, 0.05) is 31.4 Å². The van der Waals surface area contributed by atoms with Gasteiger partial charge < -0.3 is 5.11 Å². The van der Waals surface area contributed by atoms with Gasteiger partial charge in [-0.2, -0.15) is 0 Å². The largest absolute Gasteiger partial charge is 0.493 e. The van der Waals surface area contributed by atoms with Crippen molar-refractivity contribution in [3.63, 3.8) is 0 Å². The lowest BCUT2D eigenvalue weighted by molar-refractivity contribution is 0.442. The van der Waals surface area contributed by atoms with E-state index in [2.05, 4.69) is 11.7 Å². The molecule has 0 saturated heterocycles. The summed E-state index contributed by atoms with van der Waals surface area (Å²) >= 11 is 0. The average molecular weight is 396 g/mol. The Morgan fingerprint density at radius 2 is 1.80 bits per heavy atom. The first-order valence-corrected chi connectivity index (χ1v) is 9.70. The quantitative estimate of drug-likeness (QED) is 0.343. The van der Waals surface area contributed by atoms with Crippen molar-refractivity contribution >= 4 is 17.9 Å². The Hall–Kier alpha value is -3.99. The Kier molecular flexibility index (Phi) is 5.52. The molecular formula is C25H24N4O.